The van der Waals surface area contributed by atoms with Gasteiger partial charge in [0.2, 0.25) is 11.8 Å². The van der Waals surface area contributed by atoms with Crippen LogP contribution in [0.25, 0.3) is 5.69 Å². The van der Waals surface area contributed by atoms with Crippen LogP contribution < -0.4 is 10.6 Å². The van der Waals surface area contributed by atoms with E-state index in [2.05, 4.69) is 15.7 Å². The SMILES string of the molecule is CN(CC(=O)NC(C)(C)C)C(=O)CNc1ccc(-n2cccn2)c(F)c1. The first-order chi connectivity index (χ1) is 12.2. The van der Waals surface area contributed by atoms with E-state index in [0.717, 1.165) is 0 Å². The molecule has 26 heavy (non-hydrogen) atoms. The molecule has 0 aliphatic heterocycles. The Kier molecular flexibility index (Phi) is 5.97. The van der Waals surface area contributed by atoms with E-state index in [1.54, 1.807) is 37.6 Å². The highest BCUT2D eigenvalue weighted by Gasteiger charge is 2.17. The largest absolute Gasteiger partial charge is 0.376 e. The molecular weight excluding hydrogens is 337 g/mol. The molecule has 0 spiro atoms. The van der Waals surface area contributed by atoms with Crippen molar-refractivity contribution < 1.29 is 14.0 Å². The topological polar surface area (TPSA) is 79.3 Å². The lowest BCUT2D eigenvalue weighted by Gasteiger charge is -2.23. The van der Waals surface area contributed by atoms with Gasteiger partial charge in [0.05, 0.1) is 13.1 Å². The van der Waals surface area contributed by atoms with Crippen LogP contribution in [0.1, 0.15) is 20.8 Å². The average molecular weight is 361 g/mol. The molecule has 7 nitrogen and oxygen atoms in total. The molecule has 0 unspecified atom stereocenters. The molecule has 0 bridgehead atoms. The van der Waals surface area contributed by atoms with Gasteiger partial charge in [0.1, 0.15) is 5.69 Å². The molecule has 2 N–H and O–H groups in total. The maximum atomic E-state index is 14.2. The van der Waals surface area contributed by atoms with Gasteiger partial charge in [-0.25, -0.2) is 9.07 Å². The number of rotatable bonds is 6. The van der Waals surface area contributed by atoms with Crippen molar-refractivity contribution >= 4 is 17.5 Å². The maximum Gasteiger partial charge on any atom is 0.242 e. The van der Waals surface area contributed by atoms with Crippen molar-refractivity contribution in [2.75, 3.05) is 25.5 Å². The minimum Gasteiger partial charge on any atom is -0.376 e. The second-order valence-electron chi connectivity index (χ2n) is 7.02. The first-order valence-electron chi connectivity index (χ1n) is 8.24. The summed E-state index contributed by atoms with van der Waals surface area (Å²) >= 11 is 0. The molecule has 2 amide bonds. The quantitative estimate of drug-likeness (QED) is 0.822. The fourth-order valence-electron chi connectivity index (χ4n) is 2.29. The fraction of sp³-hybridized carbons (Fsp3) is 0.389. The zero-order valence-electron chi connectivity index (χ0n) is 15.4. The predicted octanol–water partition coefficient (Wildman–Crippen LogP) is 1.80. The summed E-state index contributed by atoms with van der Waals surface area (Å²) in [6, 6.07) is 6.25. The van der Waals surface area contributed by atoms with E-state index < -0.39 is 5.82 Å². The molecule has 0 aliphatic rings. The zero-order valence-corrected chi connectivity index (χ0v) is 15.4. The summed E-state index contributed by atoms with van der Waals surface area (Å²) in [6.45, 7) is 5.53. The molecule has 0 radical (unpaired) electrons. The number of nitrogens with zero attached hydrogens (tertiary/aromatic N) is 3. The van der Waals surface area contributed by atoms with E-state index in [1.165, 1.54) is 15.6 Å². The Bertz CT molecular complexity index is 768. The van der Waals surface area contributed by atoms with Gasteiger partial charge in [0.25, 0.3) is 0 Å². The van der Waals surface area contributed by atoms with Gasteiger partial charge < -0.3 is 15.5 Å². The Morgan fingerprint density at radius 1 is 1.31 bits per heavy atom. The molecule has 140 valence electrons. The first-order valence-corrected chi connectivity index (χ1v) is 8.24. The van der Waals surface area contributed by atoms with Gasteiger partial charge in [-0.2, -0.15) is 5.10 Å². The molecule has 1 aromatic heterocycles. The Balaban J connectivity index is 1.89. The standard InChI is InChI=1S/C18H24FN5O2/c1-18(2,3)22-16(25)12-23(4)17(26)11-20-13-6-7-15(14(19)10-13)24-9-5-8-21-24/h5-10,20H,11-12H2,1-4H3,(H,22,25). The number of aromatic nitrogens is 2. The number of carbonyl (C=O) groups excluding carboxylic acids is 2. The molecule has 1 heterocycles. The van der Waals surface area contributed by atoms with Crippen LogP contribution >= 0.6 is 0 Å². The van der Waals surface area contributed by atoms with Gasteiger partial charge >= 0.3 is 0 Å². The van der Waals surface area contributed by atoms with Crippen LogP contribution in [0.3, 0.4) is 0 Å². The van der Waals surface area contributed by atoms with Crippen molar-refractivity contribution in [1.29, 1.82) is 0 Å². The third-order valence-corrected chi connectivity index (χ3v) is 3.46. The highest BCUT2D eigenvalue weighted by atomic mass is 19.1. The molecule has 2 rings (SSSR count). The molecule has 0 aliphatic carbocycles. The molecule has 0 saturated carbocycles. The molecule has 8 heteroatoms. The van der Waals surface area contributed by atoms with Crippen LogP contribution in [0.5, 0.6) is 0 Å². The lowest BCUT2D eigenvalue weighted by Crippen LogP contribution is -2.47. The summed E-state index contributed by atoms with van der Waals surface area (Å²) in [5.41, 5.74) is 0.440. The van der Waals surface area contributed by atoms with Crippen LogP contribution in [-0.2, 0) is 9.59 Å². The van der Waals surface area contributed by atoms with Gasteiger partial charge in [-0.05, 0) is 45.0 Å². The Labute approximate surface area is 152 Å². The fourth-order valence-corrected chi connectivity index (χ4v) is 2.29. The smallest absolute Gasteiger partial charge is 0.242 e. The van der Waals surface area contributed by atoms with E-state index in [4.69, 9.17) is 0 Å². The Morgan fingerprint density at radius 3 is 2.62 bits per heavy atom. The van der Waals surface area contributed by atoms with Gasteiger partial charge in [-0.15, -0.1) is 0 Å². The molecule has 0 fully saturated rings. The van der Waals surface area contributed by atoms with Crippen LogP contribution in [0.15, 0.2) is 36.7 Å². The van der Waals surface area contributed by atoms with E-state index in [1.807, 2.05) is 20.8 Å². The summed E-state index contributed by atoms with van der Waals surface area (Å²) < 4.78 is 15.6. The van der Waals surface area contributed by atoms with Crippen molar-refractivity contribution in [1.82, 2.24) is 20.0 Å². The van der Waals surface area contributed by atoms with Crippen LogP contribution in [0.4, 0.5) is 10.1 Å². The normalized spacial score (nSPS) is 11.1. The third kappa shape index (κ3) is 5.58. The molecule has 0 saturated heterocycles. The van der Waals surface area contributed by atoms with Gasteiger partial charge in [0, 0.05) is 30.7 Å². The number of halogens is 1. The van der Waals surface area contributed by atoms with E-state index in [9.17, 15) is 14.0 Å². The zero-order chi connectivity index (χ0) is 19.3. The molecule has 2 aromatic rings. The average Bonchev–Trinajstić information content (AvgIpc) is 3.04. The van der Waals surface area contributed by atoms with Gasteiger partial charge in [0.15, 0.2) is 5.82 Å². The Morgan fingerprint density at radius 2 is 2.04 bits per heavy atom. The minimum absolute atomic E-state index is 0.0373. The van der Waals surface area contributed by atoms with E-state index in [0.29, 0.717) is 11.4 Å². The van der Waals surface area contributed by atoms with Crippen LogP contribution in [0, 0.1) is 5.82 Å². The summed E-state index contributed by atoms with van der Waals surface area (Å²) in [6.07, 6.45) is 3.21. The van der Waals surface area contributed by atoms with Crippen molar-refractivity contribution in [3.05, 3.63) is 42.5 Å². The van der Waals surface area contributed by atoms with E-state index >= 15 is 0 Å². The van der Waals surface area contributed by atoms with Crippen molar-refractivity contribution in [2.45, 2.75) is 26.3 Å². The monoisotopic (exact) mass is 361 g/mol. The lowest BCUT2D eigenvalue weighted by molar-refractivity contribution is -0.133. The summed E-state index contributed by atoms with van der Waals surface area (Å²) in [7, 11) is 1.55. The minimum atomic E-state index is -0.455. The third-order valence-electron chi connectivity index (χ3n) is 3.46. The highest BCUT2D eigenvalue weighted by Crippen LogP contribution is 2.17. The number of anilines is 1. The first kappa shape index (κ1) is 19.4. The summed E-state index contributed by atoms with van der Waals surface area (Å²) in [5, 5.41) is 9.65. The molecule has 0 atom stereocenters. The Hall–Kier alpha value is -2.90. The number of nitrogens with one attached hydrogen (secondary N) is 2. The van der Waals surface area contributed by atoms with Crippen LogP contribution in [0.2, 0.25) is 0 Å². The second kappa shape index (κ2) is 7.99. The summed E-state index contributed by atoms with van der Waals surface area (Å²) in [4.78, 5) is 25.3. The van der Waals surface area contributed by atoms with Gasteiger partial charge in [-0.3, -0.25) is 9.59 Å². The number of carbonyl (C=O) groups is 2. The highest BCUT2D eigenvalue weighted by molar-refractivity contribution is 5.86. The van der Waals surface area contributed by atoms with E-state index in [-0.39, 0.29) is 30.4 Å². The van der Waals surface area contributed by atoms with Crippen molar-refractivity contribution in [3.63, 3.8) is 0 Å². The maximum absolute atomic E-state index is 14.2. The second-order valence-corrected chi connectivity index (χ2v) is 7.02. The summed E-state index contributed by atoms with van der Waals surface area (Å²) in [5.74, 6) is -0.961. The molecular formula is C18H24FN5O2. The van der Waals surface area contributed by atoms with Gasteiger partial charge in [-0.1, -0.05) is 0 Å². The predicted molar refractivity (Wildman–Crippen MR) is 97.5 cm³/mol. The molecule has 1 aromatic carbocycles. The lowest BCUT2D eigenvalue weighted by atomic mass is 10.1. The van der Waals surface area contributed by atoms with Crippen molar-refractivity contribution in [2.24, 2.45) is 0 Å². The number of amides is 2. The number of likely N-dealkylation sites (N-methyl/N-ethyl adjacent to an activating group) is 1. The number of benzene rings is 1. The number of hydrogen-bond acceptors (Lipinski definition) is 4. The number of hydrogen-bond donors (Lipinski definition) is 2. The van der Waals surface area contributed by atoms with Crippen LogP contribution in [-0.4, -0.2) is 52.2 Å². The van der Waals surface area contributed by atoms with Crippen molar-refractivity contribution in [3.8, 4) is 5.69 Å².